The third-order valence-corrected chi connectivity index (χ3v) is 15.7. The monoisotopic (exact) mass is 1250 g/mol. The van der Waals surface area contributed by atoms with Crippen molar-refractivity contribution in [1.29, 1.82) is 0 Å². The van der Waals surface area contributed by atoms with Gasteiger partial charge in [-0.05, 0) is 117 Å². The number of benzene rings is 5. The maximum atomic E-state index is 7.85. The quantitative estimate of drug-likeness (QED) is 0.171. The van der Waals surface area contributed by atoms with Gasteiger partial charge in [0, 0.05) is 99.1 Å². The number of hydrogen-bond donors (Lipinski definition) is 0. The fraction of sp³-hybridized carbons (Fsp3) is 0.310. The summed E-state index contributed by atoms with van der Waals surface area (Å²) in [4.78, 5) is 26.5. The first kappa shape index (κ1) is 64.9. The van der Waals surface area contributed by atoms with E-state index in [2.05, 4.69) is 273 Å². The highest BCUT2D eigenvalue weighted by Gasteiger charge is 2.23. The summed E-state index contributed by atoms with van der Waals surface area (Å²) in [7, 11) is 0. The number of para-hydroxylation sites is 2. The van der Waals surface area contributed by atoms with E-state index in [9.17, 15) is 0 Å². The van der Waals surface area contributed by atoms with E-state index in [-0.39, 0.29) is 32.5 Å². The summed E-state index contributed by atoms with van der Waals surface area (Å²) in [5, 5.41) is 2.54. The zero-order valence-corrected chi connectivity index (χ0v) is 59.3. The highest BCUT2D eigenvalue weighted by atomic mass is 15.1. The zero-order chi connectivity index (χ0) is 72.8. The average molecular weight is 1250 g/mol. The largest absolute Gasteiger partial charge is 0.294 e. The Hall–Kier alpha value is -9.20. The summed E-state index contributed by atoms with van der Waals surface area (Å²) in [6.07, 6.45) is 9.72. The van der Waals surface area contributed by atoms with Crippen LogP contribution in [0, 0.1) is 6.85 Å². The van der Waals surface area contributed by atoms with Crippen molar-refractivity contribution in [3.8, 4) is 39.3 Å². The van der Waals surface area contributed by atoms with Gasteiger partial charge < -0.3 is 0 Å². The zero-order valence-electron chi connectivity index (χ0n) is 64.3. The van der Waals surface area contributed by atoms with Gasteiger partial charge in [0.05, 0.1) is 28.1 Å². The van der Waals surface area contributed by atoms with Crippen LogP contribution in [0.5, 0.6) is 0 Å². The smallest absolute Gasteiger partial charge is 0.137 e. The summed E-state index contributed by atoms with van der Waals surface area (Å²) in [5.74, 6) is 0.968. The van der Waals surface area contributed by atoms with Gasteiger partial charge in [-0.1, -0.05) is 289 Å². The number of fused-ring (bicyclic) bond motifs is 3. The van der Waals surface area contributed by atoms with Crippen LogP contribution in [-0.2, 0) is 38.9 Å². The van der Waals surface area contributed by atoms with Gasteiger partial charge in [-0.15, -0.1) is 0 Å². The Morgan fingerprint density at radius 3 is 1.20 bits per heavy atom. The molecule has 0 radical (unpaired) electrons. The minimum absolute atomic E-state index is 0.0758. The number of aryl methyl sites for hydroxylation is 2. The predicted octanol–water partition coefficient (Wildman–Crippen LogP) is 23.2. The Bertz CT molecular complexity index is 4380. The van der Waals surface area contributed by atoms with Gasteiger partial charge >= 0.3 is 0 Å². The molecule has 0 aliphatic rings. The second-order valence-electron chi connectivity index (χ2n) is 29.7. The molecule has 0 aliphatic carbocycles. The molecule has 0 aliphatic heterocycles. The van der Waals surface area contributed by atoms with Gasteiger partial charge in [0.1, 0.15) is 5.82 Å². The minimum Gasteiger partial charge on any atom is -0.294 e. The molecule has 12 rings (SSSR count). The summed E-state index contributed by atoms with van der Waals surface area (Å²) in [5.41, 5.74) is 17.0. The third-order valence-electron chi connectivity index (χ3n) is 15.7. The van der Waals surface area contributed by atoms with Gasteiger partial charge in [-0.2, -0.15) is 0 Å². The van der Waals surface area contributed by atoms with E-state index in [4.69, 9.17) is 11.8 Å². The lowest BCUT2D eigenvalue weighted by Gasteiger charge is -2.22. The maximum absolute atomic E-state index is 7.85. The molecule has 7 nitrogen and oxygen atoms in total. The Morgan fingerprint density at radius 1 is 0.351 bits per heavy atom. The van der Waals surface area contributed by atoms with Crippen molar-refractivity contribution in [2.75, 3.05) is 0 Å². The van der Waals surface area contributed by atoms with Crippen molar-refractivity contribution in [1.82, 2.24) is 34.5 Å². The molecule has 94 heavy (non-hydrogen) atoms. The van der Waals surface area contributed by atoms with Crippen LogP contribution in [0.3, 0.4) is 0 Å². The molecule has 0 atom stereocenters. The van der Waals surface area contributed by atoms with E-state index in [1.54, 1.807) is 31.3 Å². The molecule has 486 valence electrons. The molecule has 7 aromatic heterocycles. The van der Waals surface area contributed by atoms with Crippen molar-refractivity contribution >= 4 is 21.8 Å². The first-order valence-electron chi connectivity index (χ1n) is 35.2. The Kier molecular flexibility index (Phi) is 21.8. The van der Waals surface area contributed by atoms with Crippen molar-refractivity contribution < 1.29 is 6.85 Å². The molecule has 0 saturated heterocycles. The number of hydrogen-bond acceptors (Lipinski definition) is 6. The molecular formula is C87H103N7. The highest BCUT2D eigenvalue weighted by molar-refractivity contribution is 6.09. The molecule has 0 fully saturated rings. The SMILES string of the molecule is CC(C)(C)c1ccc(-c2ccccc2)nc1.CC(C)(C)c1ccc(-n2c3ccccc3c3ccccc32)nc1.CC(C)(C)c1ccncc1.CC(C)(C)c1ncccc1-c1ccccc1.[2H]C([2H])(C)c1ccc(-c2ccccc2)c(C(C)(C)C)n1.[2H]C([2H])([2H])c1cccnc1C(C)(C)C. The lowest BCUT2D eigenvalue weighted by atomic mass is 9.86. The Balaban J connectivity index is 0.000000170. The van der Waals surface area contributed by atoms with Gasteiger partial charge in [0.15, 0.2) is 0 Å². The number of rotatable bonds is 5. The topological polar surface area (TPSA) is 82.3 Å². The summed E-state index contributed by atoms with van der Waals surface area (Å²) < 4.78 is 40.1. The molecule has 0 spiro atoms. The minimum atomic E-state index is -2.07. The first-order chi connectivity index (χ1) is 46.2. The molecular weight excluding hydrogens is 1140 g/mol. The van der Waals surface area contributed by atoms with E-state index < -0.39 is 13.2 Å². The molecule has 0 N–H and O–H groups in total. The molecule has 12 aromatic rings. The molecule has 0 bridgehead atoms. The van der Waals surface area contributed by atoms with Crippen LogP contribution in [0.15, 0.2) is 250 Å². The second kappa shape index (κ2) is 31.6. The Labute approximate surface area is 571 Å². The second-order valence-corrected chi connectivity index (χ2v) is 29.7. The number of nitrogens with zero attached hydrogens (tertiary/aromatic N) is 7. The van der Waals surface area contributed by atoms with Gasteiger partial charge in [-0.3, -0.25) is 29.5 Å². The number of aromatic nitrogens is 7. The Morgan fingerprint density at radius 2 is 0.787 bits per heavy atom. The van der Waals surface area contributed by atoms with Crippen LogP contribution < -0.4 is 0 Å². The summed E-state index contributed by atoms with van der Waals surface area (Å²) in [6, 6.07) is 71.7. The van der Waals surface area contributed by atoms with Crippen molar-refractivity contribution in [3.05, 3.63) is 295 Å². The van der Waals surface area contributed by atoms with Crippen LogP contribution in [-0.4, -0.2) is 34.5 Å². The molecule has 5 aromatic carbocycles. The van der Waals surface area contributed by atoms with Crippen molar-refractivity contribution in [2.45, 2.75) is 177 Å². The van der Waals surface area contributed by atoms with Crippen molar-refractivity contribution in [2.24, 2.45) is 0 Å². The van der Waals surface area contributed by atoms with Crippen molar-refractivity contribution in [3.63, 3.8) is 0 Å². The van der Waals surface area contributed by atoms with E-state index in [1.807, 2.05) is 106 Å². The van der Waals surface area contributed by atoms with Crippen LogP contribution >= 0.6 is 0 Å². The van der Waals surface area contributed by atoms with E-state index in [1.165, 1.54) is 55.2 Å². The summed E-state index contributed by atoms with van der Waals surface area (Å²) >= 11 is 0. The molecule has 0 unspecified atom stereocenters. The predicted molar refractivity (Wildman–Crippen MR) is 402 cm³/mol. The average Bonchev–Trinajstić information content (AvgIpc) is 1.69. The molecule has 0 saturated carbocycles. The van der Waals surface area contributed by atoms with Gasteiger partial charge in [0.25, 0.3) is 0 Å². The fourth-order valence-corrected chi connectivity index (χ4v) is 10.5. The molecule has 0 amide bonds. The highest BCUT2D eigenvalue weighted by Crippen LogP contribution is 2.35. The fourth-order valence-electron chi connectivity index (χ4n) is 10.5. The van der Waals surface area contributed by atoms with E-state index >= 15 is 0 Å². The summed E-state index contributed by atoms with van der Waals surface area (Å²) in [6.45, 7) is 38.1. The molecule has 7 heteroatoms. The molecule has 7 heterocycles. The van der Waals surface area contributed by atoms with Crippen LogP contribution in [0.1, 0.15) is 183 Å². The normalized spacial score (nSPS) is 12.7. The van der Waals surface area contributed by atoms with E-state index in [0.717, 1.165) is 34.0 Å². The maximum Gasteiger partial charge on any atom is 0.137 e. The van der Waals surface area contributed by atoms with Crippen LogP contribution in [0.2, 0.25) is 0 Å². The standard InChI is InChI=1S/C21H20N2.C17H21N.2C15H17N.C10H15N.C9H13N/c1-21(2,3)15-12-13-20(22-14-15)23-18-10-6-4-8-16(18)17-9-5-7-11-19(17)23;1-5-14-11-12-15(13-9-7-6-8-10-13)16(18-14)17(2,3)4;1-15(2,3)14-13(10-7-11-16-14)12-8-5-4-6-9-12;1-15(2,3)13-9-10-14(16-11-13)12-7-5-4-6-8-12;1-8-6-5-7-11-9(8)10(2,3)4;1-9(2,3)8-4-6-10-7-5-8/h4-14H,1-3H3;6-12H,5H2,1-4H3;2*4-11H,1-3H3;5-7H,1-4H3;4-7H,1-3H3/i;5D2;;;1D3;. The lowest BCUT2D eigenvalue weighted by Crippen LogP contribution is -2.16. The number of pyridine rings is 6. The third kappa shape index (κ3) is 20.2. The first-order valence-corrected chi connectivity index (χ1v) is 32.7. The lowest BCUT2D eigenvalue weighted by molar-refractivity contribution is 0.564. The van der Waals surface area contributed by atoms with Crippen LogP contribution in [0.25, 0.3) is 61.1 Å². The van der Waals surface area contributed by atoms with E-state index in [0.29, 0.717) is 17.0 Å². The van der Waals surface area contributed by atoms with Gasteiger partial charge in [0.2, 0.25) is 0 Å². The van der Waals surface area contributed by atoms with Crippen LogP contribution in [0.4, 0.5) is 0 Å². The van der Waals surface area contributed by atoms with Gasteiger partial charge in [-0.25, -0.2) is 4.98 Å².